The van der Waals surface area contributed by atoms with Gasteiger partial charge in [-0.25, -0.2) is 13.6 Å². The highest BCUT2D eigenvalue weighted by Crippen LogP contribution is 2.40. The molecule has 0 aliphatic rings. The van der Waals surface area contributed by atoms with E-state index in [0.717, 1.165) is 5.39 Å². The number of aromatic amines is 1. The van der Waals surface area contributed by atoms with E-state index in [9.17, 15) is 23.4 Å². The zero-order valence-electron chi connectivity index (χ0n) is 15.3. The van der Waals surface area contributed by atoms with Gasteiger partial charge in [-0.15, -0.1) is 11.3 Å². The lowest BCUT2D eigenvalue weighted by molar-refractivity contribution is 0.0820. The first-order valence-electron chi connectivity index (χ1n) is 8.66. The summed E-state index contributed by atoms with van der Waals surface area (Å²) >= 11 is 1.32. The van der Waals surface area contributed by atoms with Gasteiger partial charge >= 0.3 is 0 Å². The first-order valence-corrected chi connectivity index (χ1v) is 11.3. The van der Waals surface area contributed by atoms with Gasteiger partial charge < -0.3 is 15.2 Å². The number of aliphatic hydroxyl groups is 1. The summed E-state index contributed by atoms with van der Waals surface area (Å²) in [7, 11) is -3.87. The first kappa shape index (κ1) is 19.6. The van der Waals surface area contributed by atoms with Crippen LogP contribution in [-0.4, -0.2) is 29.4 Å². The Morgan fingerprint density at radius 2 is 1.83 bits per heavy atom. The van der Waals surface area contributed by atoms with Crippen LogP contribution in [0.5, 0.6) is 5.75 Å². The van der Waals surface area contributed by atoms with Crippen LogP contribution in [0.15, 0.2) is 52.6 Å². The summed E-state index contributed by atoms with van der Waals surface area (Å²) < 4.78 is 23.3. The largest absolute Gasteiger partial charge is 0.507 e. The fourth-order valence-corrected chi connectivity index (χ4v) is 5.35. The fourth-order valence-electron chi connectivity index (χ4n) is 3.60. The highest BCUT2D eigenvalue weighted by Gasteiger charge is 2.28. The average Bonchev–Trinajstić information content (AvgIpc) is 3.11. The van der Waals surface area contributed by atoms with Crippen LogP contribution >= 0.6 is 11.3 Å². The first-order chi connectivity index (χ1) is 13.6. The molecule has 0 fully saturated rings. The summed E-state index contributed by atoms with van der Waals surface area (Å²) in [5.41, 5.74) is 0.331. The second-order valence-corrected chi connectivity index (χ2v) is 9.69. The van der Waals surface area contributed by atoms with E-state index in [1.54, 1.807) is 30.3 Å². The highest BCUT2D eigenvalue weighted by atomic mass is 32.2. The molecule has 2 aromatic carbocycles. The molecule has 5 N–H and O–H groups in total. The van der Waals surface area contributed by atoms with E-state index in [4.69, 9.17) is 5.14 Å². The van der Waals surface area contributed by atoms with Crippen molar-refractivity contribution in [2.24, 2.45) is 5.14 Å². The molecule has 0 saturated carbocycles. The predicted molar refractivity (Wildman–Crippen MR) is 115 cm³/mol. The second kappa shape index (κ2) is 6.67. The SMILES string of the molecule is CC(O)(CS(N)(=O)=O)c1ccc(-c2c(O)ccc3[nH]c(=O)c4sccc4c23)cc1. The molecule has 0 saturated heterocycles. The van der Waals surface area contributed by atoms with Gasteiger partial charge in [0.1, 0.15) is 16.1 Å². The summed E-state index contributed by atoms with van der Waals surface area (Å²) in [4.78, 5) is 15.1. The van der Waals surface area contributed by atoms with Crippen LogP contribution in [0.2, 0.25) is 0 Å². The number of benzene rings is 2. The minimum Gasteiger partial charge on any atom is -0.507 e. The number of rotatable bonds is 4. The van der Waals surface area contributed by atoms with E-state index < -0.39 is 21.4 Å². The van der Waals surface area contributed by atoms with Crippen molar-refractivity contribution in [2.75, 3.05) is 5.75 Å². The third kappa shape index (κ3) is 3.53. The molecule has 4 rings (SSSR count). The van der Waals surface area contributed by atoms with E-state index in [0.29, 0.717) is 32.3 Å². The number of primary sulfonamides is 1. The van der Waals surface area contributed by atoms with Gasteiger partial charge in [0.25, 0.3) is 5.56 Å². The summed E-state index contributed by atoms with van der Waals surface area (Å²) in [6.07, 6.45) is 0. The van der Waals surface area contributed by atoms with E-state index in [1.165, 1.54) is 24.3 Å². The zero-order chi connectivity index (χ0) is 21.0. The van der Waals surface area contributed by atoms with Crippen LogP contribution in [0.4, 0.5) is 0 Å². The van der Waals surface area contributed by atoms with Gasteiger partial charge in [-0.2, -0.15) is 0 Å². The quantitative estimate of drug-likeness (QED) is 0.395. The Labute approximate surface area is 170 Å². The fraction of sp³-hybridized carbons (Fsp3) is 0.150. The van der Waals surface area contributed by atoms with Crippen molar-refractivity contribution in [2.45, 2.75) is 12.5 Å². The molecule has 0 amide bonds. The lowest BCUT2D eigenvalue weighted by Crippen LogP contribution is -2.34. The number of fused-ring (bicyclic) bond motifs is 3. The number of nitrogens with two attached hydrogens (primary N) is 1. The molecule has 0 radical (unpaired) electrons. The van der Waals surface area contributed by atoms with Crippen molar-refractivity contribution in [3.63, 3.8) is 0 Å². The van der Waals surface area contributed by atoms with E-state index in [1.807, 2.05) is 11.4 Å². The molecule has 0 aliphatic heterocycles. The monoisotopic (exact) mass is 430 g/mol. The molecular weight excluding hydrogens is 412 g/mol. The third-order valence-electron chi connectivity index (χ3n) is 4.85. The third-order valence-corrected chi connectivity index (χ3v) is 6.73. The maximum absolute atomic E-state index is 12.3. The van der Waals surface area contributed by atoms with Crippen molar-refractivity contribution in [3.05, 3.63) is 63.8 Å². The number of phenolic OH excluding ortho intramolecular Hbond substituents is 1. The van der Waals surface area contributed by atoms with Crippen LogP contribution < -0.4 is 10.7 Å². The number of phenols is 1. The molecule has 2 aromatic heterocycles. The van der Waals surface area contributed by atoms with E-state index in [2.05, 4.69) is 4.98 Å². The summed E-state index contributed by atoms with van der Waals surface area (Å²) in [5, 5.41) is 29.4. The molecule has 0 bridgehead atoms. The Morgan fingerprint density at radius 1 is 1.14 bits per heavy atom. The van der Waals surface area contributed by atoms with E-state index >= 15 is 0 Å². The van der Waals surface area contributed by atoms with Gasteiger partial charge in [0.15, 0.2) is 0 Å². The number of aromatic nitrogens is 1. The Morgan fingerprint density at radius 3 is 2.48 bits per heavy atom. The maximum Gasteiger partial charge on any atom is 0.266 e. The molecule has 29 heavy (non-hydrogen) atoms. The van der Waals surface area contributed by atoms with Gasteiger partial charge in [0.2, 0.25) is 10.0 Å². The normalized spacial score (nSPS) is 14.3. The Balaban J connectivity index is 1.91. The Hall–Kier alpha value is -2.72. The number of H-pyrrole nitrogens is 1. The highest BCUT2D eigenvalue weighted by molar-refractivity contribution is 7.89. The van der Waals surface area contributed by atoms with Crippen molar-refractivity contribution in [1.29, 1.82) is 0 Å². The van der Waals surface area contributed by atoms with Crippen LogP contribution in [-0.2, 0) is 15.6 Å². The summed E-state index contributed by atoms with van der Waals surface area (Å²) in [6.45, 7) is 1.38. The van der Waals surface area contributed by atoms with Crippen LogP contribution in [0.25, 0.3) is 32.1 Å². The molecule has 0 aliphatic carbocycles. The predicted octanol–water partition coefficient (Wildman–Crippen LogP) is 2.61. The lowest BCUT2D eigenvalue weighted by atomic mass is 9.93. The number of hydrogen-bond acceptors (Lipinski definition) is 6. The second-order valence-electron chi connectivity index (χ2n) is 7.16. The van der Waals surface area contributed by atoms with E-state index in [-0.39, 0.29) is 11.3 Å². The molecule has 9 heteroatoms. The van der Waals surface area contributed by atoms with Gasteiger partial charge in [-0.05, 0) is 41.6 Å². The Kier molecular flexibility index (Phi) is 4.50. The molecule has 2 heterocycles. The summed E-state index contributed by atoms with van der Waals surface area (Å²) in [5.74, 6) is -0.573. The van der Waals surface area contributed by atoms with Crippen molar-refractivity contribution >= 4 is 42.3 Å². The molecule has 1 atom stereocenters. The smallest absolute Gasteiger partial charge is 0.266 e. The number of sulfonamides is 1. The maximum atomic E-state index is 12.3. The van der Waals surface area contributed by atoms with Crippen molar-refractivity contribution < 1.29 is 18.6 Å². The number of hydrogen-bond donors (Lipinski definition) is 4. The minimum absolute atomic E-state index is 0.0427. The number of nitrogens with one attached hydrogen (secondary N) is 1. The van der Waals surface area contributed by atoms with Gasteiger partial charge in [-0.1, -0.05) is 24.3 Å². The molecule has 150 valence electrons. The Bertz CT molecular complexity index is 1400. The minimum atomic E-state index is -3.87. The molecule has 4 aromatic rings. The number of aromatic hydroxyl groups is 1. The molecule has 7 nitrogen and oxygen atoms in total. The van der Waals surface area contributed by atoms with Gasteiger partial charge in [0, 0.05) is 21.9 Å². The van der Waals surface area contributed by atoms with Crippen molar-refractivity contribution in [3.8, 4) is 16.9 Å². The molecule has 1 unspecified atom stereocenters. The van der Waals surface area contributed by atoms with Gasteiger partial charge in [-0.3, -0.25) is 4.79 Å². The van der Waals surface area contributed by atoms with Gasteiger partial charge in [0.05, 0.1) is 5.75 Å². The number of pyridine rings is 1. The van der Waals surface area contributed by atoms with Crippen LogP contribution in [0, 0.1) is 0 Å². The standard InChI is InChI=1S/C20H18N2O5S2/c1-20(25,10-29(21,26)27)12-4-2-11(3-5-12)16-15(23)7-6-14-17(16)13-8-9-28-18(13)19(24)22-14/h2-9,23,25H,10H2,1H3,(H,22,24)(H2,21,26,27). The molecular formula is C20H18N2O5S2. The number of thiophene rings is 1. The average molecular weight is 431 g/mol. The zero-order valence-corrected chi connectivity index (χ0v) is 17.0. The molecule has 0 spiro atoms. The lowest BCUT2D eigenvalue weighted by Gasteiger charge is -2.23. The summed E-state index contributed by atoms with van der Waals surface area (Å²) in [6, 6.07) is 11.6. The van der Waals surface area contributed by atoms with Crippen LogP contribution in [0.3, 0.4) is 0 Å². The van der Waals surface area contributed by atoms with Crippen molar-refractivity contribution in [1.82, 2.24) is 4.98 Å². The van der Waals surface area contributed by atoms with Crippen LogP contribution in [0.1, 0.15) is 12.5 Å². The topological polar surface area (TPSA) is 133 Å².